The molecule has 1 aliphatic rings. The molecule has 0 radical (unpaired) electrons. The van der Waals surface area contributed by atoms with Gasteiger partial charge in [0.15, 0.2) is 11.6 Å². The van der Waals surface area contributed by atoms with E-state index in [2.05, 4.69) is 15.3 Å². The number of hydrogen-bond donors (Lipinski definition) is 1. The van der Waals surface area contributed by atoms with E-state index in [0.29, 0.717) is 59.4 Å². The topological polar surface area (TPSA) is 88.3 Å². The normalized spacial score (nSPS) is 14.5. The number of nitrogens with zero attached hydrogens (tertiary/aromatic N) is 3. The fourth-order valence-corrected chi connectivity index (χ4v) is 4.32. The van der Waals surface area contributed by atoms with Gasteiger partial charge in [-0.2, -0.15) is 0 Å². The molecular formula is C23H24N4O3S. The van der Waals surface area contributed by atoms with Crippen LogP contribution in [0.3, 0.4) is 0 Å². The van der Waals surface area contributed by atoms with Crippen LogP contribution in [0.5, 0.6) is 0 Å². The molecule has 1 saturated heterocycles. The van der Waals surface area contributed by atoms with Crippen LogP contribution in [-0.4, -0.2) is 52.1 Å². The summed E-state index contributed by atoms with van der Waals surface area (Å²) in [5.74, 6) is 0.909. The summed E-state index contributed by atoms with van der Waals surface area (Å²) in [5.41, 5.74) is 1.82. The molecule has 0 saturated carbocycles. The summed E-state index contributed by atoms with van der Waals surface area (Å²) < 4.78 is 5.40. The van der Waals surface area contributed by atoms with Crippen molar-refractivity contribution in [3.63, 3.8) is 0 Å². The van der Waals surface area contributed by atoms with Gasteiger partial charge in [-0.05, 0) is 50.3 Å². The van der Waals surface area contributed by atoms with Gasteiger partial charge in [-0.1, -0.05) is 18.2 Å². The molecule has 0 atom stereocenters. The number of rotatable bonds is 5. The molecule has 8 heteroatoms. The number of aromatic nitrogens is 2. The van der Waals surface area contributed by atoms with E-state index in [-0.39, 0.29) is 17.9 Å². The van der Waals surface area contributed by atoms with E-state index < -0.39 is 0 Å². The average molecular weight is 437 g/mol. The molecule has 2 aromatic heterocycles. The van der Waals surface area contributed by atoms with Crippen LogP contribution in [0.1, 0.15) is 39.3 Å². The van der Waals surface area contributed by atoms with Crippen molar-refractivity contribution in [3.8, 4) is 11.6 Å². The van der Waals surface area contributed by atoms with Crippen LogP contribution < -0.4 is 5.32 Å². The molecule has 1 aromatic carbocycles. The lowest BCUT2D eigenvalue weighted by atomic mass is 10.0. The van der Waals surface area contributed by atoms with Gasteiger partial charge in [-0.3, -0.25) is 9.59 Å². The number of piperidine rings is 1. The molecule has 0 aliphatic carbocycles. The summed E-state index contributed by atoms with van der Waals surface area (Å²) in [6, 6.07) is 12.8. The molecular weight excluding hydrogens is 412 g/mol. The van der Waals surface area contributed by atoms with Gasteiger partial charge in [0, 0.05) is 24.7 Å². The quantitative estimate of drug-likeness (QED) is 0.483. The van der Waals surface area contributed by atoms with Crippen molar-refractivity contribution in [3.05, 3.63) is 65.5 Å². The number of carbonyl (C=O) groups excluding carboxylic acids is 2. The zero-order chi connectivity index (χ0) is 21.8. The zero-order valence-corrected chi connectivity index (χ0v) is 18.3. The van der Waals surface area contributed by atoms with Crippen molar-refractivity contribution in [2.24, 2.45) is 0 Å². The lowest BCUT2D eigenvalue weighted by Gasteiger charge is -2.33. The Morgan fingerprint density at radius 1 is 1.10 bits per heavy atom. The van der Waals surface area contributed by atoms with Crippen molar-refractivity contribution < 1.29 is 14.0 Å². The number of likely N-dealkylation sites (tertiary alicyclic amines) is 1. The number of amides is 2. The summed E-state index contributed by atoms with van der Waals surface area (Å²) in [6.07, 6.45) is 4.90. The Hall–Kier alpha value is -3.13. The Labute approximate surface area is 185 Å². The Balaban J connectivity index is 1.43. The molecule has 7 nitrogen and oxygen atoms in total. The van der Waals surface area contributed by atoms with E-state index in [9.17, 15) is 9.59 Å². The molecule has 3 heterocycles. The number of carbonyl (C=O) groups is 2. The lowest BCUT2D eigenvalue weighted by Crippen LogP contribution is -2.46. The molecule has 4 rings (SSSR count). The molecule has 1 aliphatic heterocycles. The number of nitrogens with one attached hydrogen (secondary N) is 1. The highest BCUT2D eigenvalue weighted by Gasteiger charge is 2.28. The van der Waals surface area contributed by atoms with Gasteiger partial charge in [-0.25, -0.2) is 9.97 Å². The molecule has 3 aromatic rings. The predicted octanol–water partition coefficient (Wildman–Crippen LogP) is 3.80. The van der Waals surface area contributed by atoms with Crippen LogP contribution in [0.2, 0.25) is 0 Å². The molecule has 1 fully saturated rings. The Kier molecular flexibility index (Phi) is 6.36. The van der Waals surface area contributed by atoms with Crippen LogP contribution in [0, 0.1) is 6.92 Å². The fraction of sp³-hybridized carbons (Fsp3) is 0.304. The maximum Gasteiger partial charge on any atom is 0.258 e. The number of thioether (sulfide) groups is 1. The minimum absolute atomic E-state index is 0.0513. The third kappa shape index (κ3) is 4.64. The summed E-state index contributed by atoms with van der Waals surface area (Å²) in [4.78, 5) is 36.5. The summed E-state index contributed by atoms with van der Waals surface area (Å²) in [5, 5.41) is 3.72. The van der Waals surface area contributed by atoms with Gasteiger partial charge in [0.05, 0.1) is 17.5 Å². The number of hydrogen-bond acceptors (Lipinski definition) is 6. The molecule has 0 unspecified atom stereocenters. The monoisotopic (exact) mass is 436 g/mol. The van der Waals surface area contributed by atoms with E-state index in [4.69, 9.17) is 4.42 Å². The highest BCUT2D eigenvalue weighted by molar-refractivity contribution is 7.98. The first-order valence-corrected chi connectivity index (χ1v) is 11.4. The second kappa shape index (κ2) is 9.34. The average Bonchev–Trinajstić information content (AvgIpc) is 3.34. The summed E-state index contributed by atoms with van der Waals surface area (Å²) >= 11 is 1.42. The van der Waals surface area contributed by atoms with E-state index in [1.54, 1.807) is 30.5 Å². The molecule has 160 valence electrons. The van der Waals surface area contributed by atoms with Crippen molar-refractivity contribution in [1.82, 2.24) is 20.2 Å². The minimum atomic E-state index is -0.0761. The third-order valence-corrected chi connectivity index (χ3v) is 6.04. The molecule has 1 N–H and O–H groups in total. The van der Waals surface area contributed by atoms with Gasteiger partial charge < -0.3 is 14.6 Å². The molecule has 0 bridgehead atoms. The van der Waals surface area contributed by atoms with Gasteiger partial charge in [0.2, 0.25) is 0 Å². The van der Waals surface area contributed by atoms with Crippen molar-refractivity contribution in [1.29, 1.82) is 0 Å². The summed E-state index contributed by atoms with van der Waals surface area (Å²) in [6.45, 7) is 2.98. The van der Waals surface area contributed by atoms with Crippen LogP contribution in [0.15, 0.2) is 58.2 Å². The predicted molar refractivity (Wildman–Crippen MR) is 119 cm³/mol. The maximum absolute atomic E-state index is 13.3. The first kappa shape index (κ1) is 21.1. The van der Waals surface area contributed by atoms with Gasteiger partial charge in [-0.15, -0.1) is 11.8 Å². The first-order valence-electron chi connectivity index (χ1n) is 10.2. The summed E-state index contributed by atoms with van der Waals surface area (Å²) in [7, 11) is 0. The minimum Gasteiger partial charge on any atom is -0.461 e. The second-order valence-corrected chi connectivity index (χ2v) is 8.20. The lowest BCUT2D eigenvalue weighted by molar-refractivity contribution is 0.0692. The molecule has 0 spiro atoms. The Bertz CT molecular complexity index is 1060. The van der Waals surface area contributed by atoms with Crippen LogP contribution in [0.4, 0.5) is 0 Å². The highest BCUT2D eigenvalue weighted by atomic mass is 32.2. The van der Waals surface area contributed by atoms with E-state index in [1.807, 2.05) is 36.3 Å². The number of aryl methyl sites for hydroxylation is 1. The van der Waals surface area contributed by atoms with E-state index in [0.717, 1.165) is 0 Å². The first-order chi connectivity index (χ1) is 15.1. The number of benzene rings is 1. The standard InChI is InChI=1S/C23H24N4O3S/c1-15-19(22(31-2)26-20(24-15)18-9-6-14-30-18)23(29)27-12-10-17(11-13-27)25-21(28)16-7-4-3-5-8-16/h3-9,14,17H,10-13H2,1-2H3,(H,25,28). The van der Waals surface area contributed by atoms with Crippen LogP contribution in [-0.2, 0) is 0 Å². The van der Waals surface area contributed by atoms with E-state index in [1.165, 1.54) is 11.8 Å². The van der Waals surface area contributed by atoms with Crippen molar-refractivity contribution >= 4 is 23.6 Å². The van der Waals surface area contributed by atoms with Gasteiger partial charge >= 0.3 is 0 Å². The van der Waals surface area contributed by atoms with Crippen molar-refractivity contribution in [2.45, 2.75) is 30.8 Å². The zero-order valence-electron chi connectivity index (χ0n) is 17.5. The van der Waals surface area contributed by atoms with Gasteiger partial charge in [0.1, 0.15) is 5.03 Å². The highest BCUT2D eigenvalue weighted by Crippen LogP contribution is 2.27. The molecule has 31 heavy (non-hydrogen) atoms. The van der Waals surface area contributed by atoms with Crippen molar-refractivity contribution in [2.75, 3.05) is 19.3 Å². The largest absolute Gasteiger partial charge is 0.461 e. The van der Waals surface area contributed by atoms with Crippen LogP contribution >= 0.6 is 11.8 Å². The van der Waals surface area contributed by atoms with Crippen LogP contribution in [0.25, 0.3) is 11.6 Å². The molecule has 2 amide bonds. The SMILES string of the molecule is CSc1nc(-c2ccco2)nc(C)c1C(=O)N1CCC(NC(=O)c2ccccc2)CC1. The maximum atomic E-state index is 13.3. The smallest absolute Gasteiger partial charge is 0.258 e. The fourth-order valence-electron chi connectivity index (χ4n) is 3.70. The van der Waals surface area contributed by atoms with Gasteiger partial charge in [0.25, 0.3) is 11.8 Å². The second-order valence-electron chi connectivity index (χ2n) is 7.40. The Morgan fingerprint density at radius 3 is 2.48 bits per heavy atom. The van der Waals surface area contributed by atoms with E-state index >= 15 is 0 Å². The number of furan rings is 1. The third-order valence-electron chi connectivity index (χ3n) is 5.36. The Morgan fingerprint density at radius 2 is 1.84 bits per heavy atom.